The third-order valence-corrected chi connectivity index (χ3v) is 4.01. The molecule has 0 spiro atoms. The summed E-state index contributed by atoms with van der Waals surface area (Å²) in [6.07, 6.45) is 1.68. The molecule has 25 heavy (non-hydrogen) atoms. The van der Waals surface area contributed by atoms with Crippen LogP contribution in [0.2, 0.25) is 0 Å². The quantitative estimate of drug-likeness (QED) is 0.689. The van der Waals surface area contributed by atoms with Gasteiger partial charge in [0.1, 0.15) is 11.5 Å². The minimum absolute atomic E-state index is 0.133. The van der Waals surface area contributed by atoms with Crippen LogP contribution in [0.1, 0.15) is 0 Å². The molecule has 1 aromatic heterocycles. The van der Waals surface area contributed by atoms with Gasteiger partial charge in [-0.15, -0.1) is 0 Å². The second-order valence-electron chi connectivity index (χ2n) is 5.36. The molecule has 0 saturated heterocycles. The van der Waals surface area contributed by atoms with E-state index in [4.69, 9.17) is 4.74 Å². The van der Waals surface area contributed by atoms with Crippen molar-refractivity contribution in [2.24, 2.45) is 7.05 Å². The zero-order valence-corrected chi connectivity index (χ0v) is 14.3. The summed E-state index contributed by atoms with van der Waals surface area (Å²) < 4.78 is 31.6. The SMILES string of the molecule is Cn1cc(-c2cc(N[SH](=O)=O)ccc2Oc2ccccc2)ccc1=O. The lowest BCUT2D eigenvalue weighted by molar-refractivity contribution is 0.484. The van der Waals surface area contributed by atoms with Crippen LogP contribution in [0.25, 0.3) is 11.1 Å². The molecule has 1 heterocycles. The van der Waals surface area contributed by atoms with E-state index in [2.05, 4.69) is 4.72 Å². The summed E-state index contributed by atoms with van der Waals surface area (Å²) in [4.78, 5) is 11.6. The van der Waals surface area contributed by atoms with E-state index in [1.54, 1.807) is 37.5 Å². The van der Waals surface area contributed by atoms with Crippen LogP contribution < -0.4 is 15.0 Å². The summed E-state index contributed by atoms with van der Waals surface area (Å²) >= 11 is 0. The molecule has 6 nitrogen and oxygen atoms in total. The van der Waals surface area contributed by atoms with Crippen LogP contribution in [0, 0.1) is 0 Å². The van der Waals surface area contributed by atoms with Crippen LogP contribution in [-0.2, 0) is 17.9 Å². The van der Waals surface area contributed by atoms with Gasteiger partial charge in [-0.05, 0) is 36.4 Å². The summed E-state index contributed by atoms with van der Waals surface area (Å²) in [5.41, 5.74) is 1.69. The highest BCUT2D eigenvalue weighted by Crippen LogP contribution is 2.35. The van der Waals surface area contributed by atoms with E-state index in [9.17, 15) is 13.2 Å². The third kappa shape index (κ3) is 4.07. The number of nitrogens with one attached hydrogen (secondary N) is 1. The van der Waals surface area contributed by atoms with Crippen molar-refractivity contribution >= 4 is 16.6 Å². The predicted octanol–water partition coefficient (Wildman–Crippen LogP) is 2.78. The number of rotatable bonds is 5. The van der Waals surface area contributed by atoms with Crippen molar-refractivity contribution in [3.63, 3.8) is 0 Å². The number of anilines is 1. The summed E-state index contributed by atoms with van der Waals surface area (Å²) in [6.45, 7) is 0. The van der Waals surface area contributed by atoms with E-state index in [0.717, 1.165) is 5.56 Å². The number of nitrogens with zero attached hydrogens (tertiary/aromatic N) is 1. The highest BCUT2D eigenvalue weighted by molar-refractivity contribution is 7.73. The Kier molecular flexibility index (Phi) is 4.85. The Morgan fingerprint density at radius 2 is 1.76 bits per heavy atom. The monoisotopic (exact) mass is 356 g/mol. The molecule has 1 N–H and O–H groups in total. The van der Waals surface area contributed by atoms with Gasteiger partial charge in [0.05, 0.1) is 0 Å². The maximum atomic E-state index is 11.6. The topological polar surface area (TPSA) is 77.4 Å². The Hall–Kier alpha value is -3.06. The number of aryl methyl sites for hydroxylation is 1. The smallest absolute Gasteiger partial charge is 0.250 e. The van der Waals surface area contributed by atoms with Crippen LogP contribution in [0.3, 0.4) is 0 Å². The summed E-state index contributed by atoms with van der Waals surface area (Å²) in [5, 5.41) is 0. The van der Waals surface area contributed by atoms with Crippen LogP contribution in [-0.4, -0.2) is 13.0 Å². The fraction of sp³-hybridized carbons (Fsp3) is 0.0556. The van der Waals surface area contributed by atoms with Gasteiger partial charge in [0.15, 0.2) is 0 Å². The van der Waals surface area contributed by atoms with E-state index < -0.39 is 10.9 Å². The molecule has 0 fully saturated rings. The summed E-state index contributed by atoms with van der Waals surface area (Å²) in [5.74, 6) is 1.21. The highest BCUT2D eigenvalue weighted by Gasteiger charge is 2.10. The molecule has 0 amide bonds. The van der Waals surface area contributed by atoms with Crippen LogP contribution in [0.5, 0.6) is 11.5 Å². The van der Waals surface area contributed by atoms with Crippen molar-refractivity contribution in [1.29, 1.82) is 0 Å². The van der Waals surface area contributed by atoms with E-state index in [0.29, 0.717) is 22.7 Å². The number of ether oxygens (including phenoxy) is 1. The second kappa shape index (κ2) is 7.23. The van der Waals surface area contributed by atoms with Crippen molar-refractivity contribution in [2.75, 3.05) is 4.72 Å². The zero-order chi connectivity index (χ0) is 17.8. The largest absolute Gasteiger partial charge is 0.457 e. The predicted molar refractivity (Wildman–Crippen MR) is 97.6 cm³/mol. The van der Waals surface area contributed by atoms with E-state index in [-0.39, 0.29) is 5.56 Å². The Morgan fingerprint density at radius 1 is 1.00 bits per heavy atom. The van der Waals surface area contributed by atoms with Crippen molar-refractivity contribution in [3.05, 3.63) is 77.2 Å². The molecule has 2 aromatic carbocycles. The highest BCUT2D eigenvalue weighted by atomic mass is 32.2. The first-order chi connectivity index (χ1) is 12.0. The average molecular weight is 356 g/mol. The van der Waals surface area contributed by atoms with E-state index in [1.807, 2.05) is 30.3 Å². The Morgan fingerprint density at radius 3 is 2.44 bits per heavy atom. The molecule has 0 aliphatic rings. The van der Waals surface area contributed by atoms with Gasteiger partial charge in [-0.1, -0.05) is 18.2 Å². The number of thiol groups is 1. The van der Waals surface area contributed by atoms with Gasteiger partial charge >= 0.3 is 0 Å². The van der Waals surface area contributed by atoms with Gasteiger partial charge in [-0.2, -0.15) is 0 Å². The normalized spacial score (nSPS) is 10.6. The average Bonchev–Trinajstić information content (AvgIpc) is 2.59. The standard InChI is InChI=1S/C18H16N2O4S/c1-20-12-13(7-10-18(20)21)16-11-14(19-25(22)23)8-9-17(16)24-15-5-3-2-4-6-15/h2-12,25H,1H3,(H,19,22,23). The van der Waals surface area contributed by atoms with Gasteiger partial charge < -0.3 is 9.30 Å². The first kappa shape index (κ1) is 16.8. The lowest BCUT2D eigenvalue weighted by Crippen LogP contribution is -2.14. The number of pyridine rings is 1. The van der Waals surface area contributed by atoms with Gasteiger partial charge in [0.25, 0.3) is 0 Å². The van der Waals surface area contributed by atoms with Gasteiger partial charge in [0.2, 0.25) is 16.4 Å². The number of hydrogen-bond acceptors (Lipinski definition) is 4. The van der Waals surface area contributed by atoms with Crippen LogP contribution in [0.15, 0.2) is 71.7 Å². The molecule has 0 atom stereocenters. The lowest BCUT2D eigenvalue weighted by Gasteiger charge is -2.13. The number of para-hydroxylation sites is 1. The molecule has 0 aliphatic carbocycles. The van der Waals surface area contributed by atoms with Crippen molar-refractivity contribution in [3.8, 4) is 22.6 Å². The van der Waals surface area contributed by atoms with Crippen molar-refractivity contribution in [2.45, 2.75) is 0 Å². The fourth-order valence-electron chi connectivity index (χ4n) is 2.39. The third-order valence-electron chi connectivity index (χ3n) is 3.57. The molecular weight excluding hydrogens is 340 g/mol. The molecular formula is C18H16N2O4S. The lowest BCUT2D eigenvalue weighted by atomic mass is 10.1. The van der Waals surface area contributed by atoms with Crippen molar-refractivity contribution < 1.29 is 13.2 Å². The molecule has 0 saturated carbocycles. The number of benzene rings is 2. The number of aromatic nitrogens is 1. The maximum Gasteiger partial charge on any atom is 0.250 e. The Balaban J connectivity index is 2.10. The molecule has 3 rings (SSSR count). The van der Waals surface area contributed by atoms with Gasteiger partial charge in [-0.3, -0.25) is 9.52 Å². The molecule has 128 valence electrons. The Labute approximate surface area is 146 Å². The minimum atomic E-state index is -2.77. The zero-order valence-electron chi connectivity index (χ0n) is 13.4. The minimum Gasteiger partial charge on any atom is -0.457 e. The van der Waals surface area contributed by atoms with Gasteiger partial charge in [-0.25, -0.2) is 8.42 Å². The second-order valence-corrected chi connectivity index (χ2v) is 6.10. The molecule has 0 unspecified atom stereocenters. The van der Waals surface area contributed by atoms with Gasteiger partial charge in [0, 0.05) is 36.1 Å². The van der Waals surface area contributed by atoms with E-state index in [1.165, 1.54) is 10.6 Å². The van der Waals surface area contributed by atoms with Crippen molar-refractivity contribution in [1.82, 2.24) is 4.57 Å². The summed E-state index contributed by atoms with van der Waals surface area (Å²) in [6, 6.07) is 17.4. The molecule has 0 aliphatic heterocycles. The molecule has 0 bridgehead atoms. The first-order valence-corrected chi connectivity index (χ1v) is 8.66. The molecule has 3 aromatic rings. The summed E-state index contributed by atoms with van der Waals surface area (Å²) in [7, 11) is -1.12. The van der Waals surface area contributed by atoms with Crippen LogP contribution >= 0.6 is 0 Å². The Bertz CT molecular complexity index is 1020. The first-order valence-electron chi connectivity index (χ1n) is 7.48. The van der Waals surface area contributed by atoms with Crippen LogP contribution in [0.4, 0.5) is 5.69 Å². The molecule has 7 heteroatoms. The van der Waals surface area contributed by atoms with E-state index >= 15 is 0 Å². The number of hydrogen-bond donors (Lipinski definition) is 2. The molecule has 0 radical (unpaired) electrons. The maximum absolute atomic E-state index is 11.6. The fourth-order valence-corrected chi connectivity index (χ4v) is 2.74.